The summed E-state index contributed by atoms with van der Waals surface area (Å²) in [6, 6.07) is 5.69. The van der Waals surface area contributed by atoms with Crippen LogP contribution in [0.2, 0.25) is 0 Å². The first kappa shape index (κ1) is 22.2. The van der Waals surface area contributed by atoms with Crippen molar-refractivity contribution >= 4 is 33.7 Å². The monoisotopic (exact) mass is 452 g/mol. The number of carbonyl (C=O) groups is 2. The molecule has 1 unspecified atom stereocenters. The topological polar surface area (TPSA) is 88.9 Å². The van der Waals surface area contributed by atoms with Crippen LogP contribution in [0.5, 0.6) is 0 Å². The van der Waals surface area contributed by atoms with Gasteiger partial charge >= 0.3 is 12.1 Å². The molecule has 28 heavy (non-hydrogen) atoms. The highest BCUT2D eigenvalue weighted by atomic mass is 79.9. The van der Waals surface area contributed by atoms with E-state index in [-0.39, 0.29) is 26.4 Å². The number of hydrogen-bond donors (Lipinski definition) is 0. The standard InChI is InChI=1S/C20H25BrN2O5/c1-6-27-16(24)10-26-12-20(5)11-23(18(25)28-19(2,3)4)17-13(9-22)7-14(21)8-15(17)20/h7-8H,6,10-12H2,1-5H3. The van der Waals surface area contributed by atoms with E-state index < -0.39 is 23.1 Å². The number of nitrogens with zero attached hydrogens (tertiary/aromatic N) is 2. The maximum Gasteiger partial charge on any atom is 0.414 e. The number of anilines is 1. The van der Waals surface area contributed by atoms with E-state index in [1.54, 1.807) is 33.8 Å². The lowest BCUT2D eigenvalue weighted by Gasteiger charge is -2.27. The lowest BCUT2D eigenvalue weighted by molar-refractivity contribution is -0.148. The Balaban J connectivity index is 2.36. The quantitative estimate of drug-likeness (QED) is 0.629. The zero-order valence-corrected chi connectivity index (χ0v) is 18.4. The Kier molecular flexibility index (Phi) is 6.73. The van der Waals surface area contributed by atoms with Gasteiger partial charge in [-0.1, -0.05) is 22.9 Å². The van der Waals surface area contributed by atoms with E-state index in [0.717, 1.165) is 10.0 Å². The number of benzene rings is 1. The molecule has 1 heterocycles. The van der Waals surface area contributed by atoms with Crippen LogP contribution >= 0.6 is 15.9 Å². The van der Waals surface area contributed by atoms with Crippen molar-refractivity contribution in [1.82, 2.24) is 0 Å². The Bertz CT molecular complexity index is 812. The van der Waals surface area contributed by atoms with E-state index in [4.69, 9.17) is 14.2 Å². The van der Waals surface area contributed by atoms with Gasteiger partial charge < -0.3 is 14.2 Å². The zero-order valence-electron chi connectivity index (χ0n) is 16.8. The summed E-state index contributed by atoms with van der Waals surface area (Å²) >= 11 is 3.43. The third-order valence-corrected chi connectivity index (χ3v) is 4.64. The van der Waals surface area contributed by atoms with Crippen molar-refractivity contribution in [3.05, 3.63) is 27.7 Å². The molecule has 2 rings (SSSR count). The molecular formula is C20H25BrN2O5. The average molecular weight is 453 g/mol. The Morgan fingerprint density at radius 2 is 2.04 bits per heavy atom. The summed E-state index contributed by atoms with van der Waals surface area (Å²) in [5, 5.41) is 9.59. The molecule has 7 nitrogen and oxygen atoms in total. The van der Waals surface area contributed by atoms with Gasteiger partial charge in [-0.05, 0) is 45.4 Å². The third kappa shape index (κ3) is 5.03. The van der Waals surface area contributed by atoms with Gasteiger partial charge in [0, 0.05) is 16.4 Å². The summed E-state index contributed by atoms with van der Waals surface area (Å²) in [7, 11) is 0. The molecule has 1 aliphatic rings. The fourth-order valence-electron chi connectivity index (χ4n) is 3.11. The van der Waals surface area contributed by atoms with Crippen molar-refractivity contribution in [3.8, 4) is 6.07 Å². The van der Waals surface area contributed by atoms with Crippen molar-refractivity contribution in [2.45, 2.75) is 45.6 Å². The molecule has 1 aromatic carbocycles. The van der Waals surface area contributed by atoms with Gasteiger partial charge in [-0.2, -0.15) is 5.26 Å². The predicted octanol–water partition coefficient (Wildman–Crippen LogP) is 3.91. The van der Waals surface area contributed by atoms with E-state index in [1.807, 2.05) is 13.0 Å². The van der Waals surface area contributed by atoms with Crippen LogP contribution in [0.15, 0.2) is 16.6 Å². The van der Waals surface area contributed by atoms with Crippen LogP contribution in [-0.2, 0) is 24.4 Å². The first-order valence-electron chi connectivity index (χ1n) is 8.99. The van der Waals surface area contributed by atoms with Crippen LogP contribution in [-0.4, -0.2) is 44.0 Å². The van der Waals surface area contributed by atoms with Crippen LogP contribution in [0.1, 0.15) is 45.7 Å². The lowest BCUT2D eigenvalue weighted by atomic mass is 9.85. The molecular weight excluding hydrogens is 428 g/mol. The maximum atomic E-state index is 12.8. The van der Waals surface area contributed by atoms with Crippen molar-refractivity contribution in [2.24, 2.45) is 0 Å². The van der Waals surface area contributed by atoms with Crippen LogP contribution in [0.25, 0.3) is 0 Å². The molecule has 0 saturated heterocycles. The van der Waals surface area contributed by atoms with E-state index >= 15 is 0 Å². The largest absolute Gasteiger partial charge is 0.464 e. The fraction of sp³-hybridized carbons (Fsp3) is 0.550. The number of nitriles is 1. The molecule has 152 valence electrons. The van der Waals surface area contributed by atoms with Gasteiger partial charge in [-0.15, -0.1) is 0 Å². The minimum absolute atomic E-state index is 0.176. The first-order valence-corrected chi connectivity index (χ1v) is 9.78. The molecule has 8 heteroatoms. The van der Waals surface area contributed by atoms with Gasteiger partial charge in [0.15, 0.2) is 0 Å². The minimum atomic E-state index is -0.668. The Hall–Kier alpha value is -2.11. The van der Waals surface area contributed by atoms with Gasteiger partial charge in [0.05, 0.1) is 24.5 Å². The summed E-state index contributed by atoms with van der Waals surface area (Å²) < 4.78 is 16.7. The molecule has 1 aromatic rings. The second kappa shape index (κ2) is 8.50. The van der Waals surface area contributed by atoms with Crippen molar-refractivity contribution in [3.63, 3.8) is 0 Å². The number of amides is 1. The molecule has 1 amide bonds. The molecule has 0 saturated carbocycles. The highest BCUT2D eigenvalue weighted by Crippen LogP contribution is 2.45. The molecule has 0 bridgehead atoms. The van der Waals surface area contributed by atoms with Gasteiger partial charge in [-0.3, -0.25) is 4.90 Å². The number of fused-ring (bicyclic) bond motifs is 1. The summed E-state index contributed by atoms with van der Waals surface area (Å²) in [4.78, 5) is 25.8. The van der Waals surface area contributed by atoms with Crippen LogP contribution in [0.4, 0.5) is 10.5 Å². The Morgan fingerprint density at radius 1 is 1.36 bits per heavy atom. The average Bonchev–Trinajstić information content (AvgIpc) is 2.86. The Labute approximate surface area is 173 Å². The molecule has 1 aliphatic heterocycles. The summed E-state index contributed by atoms with van der Waals surface area (Å²) in [5.74, 6) is -0.444. The molecule has 0 aromatic heterocycles. The Morgan fingerprint density at radius 3 is 2.61 bits per heavy atom. The van der Waals surface area contributed by atoms with E-state index in [0.29, 0.717) is 11.3 Å². The van der Waals surface area contributed by atoms with E-state index in [2.05, 4.69) is 22.0 Å². The maximum absolute atomic E-state index is 12.8. The number of rotatable bonds is 5. The van der Waals surface area contributed by atoms with E-state index in [9.17, 15) is 14.9 Å². The number of halogens is 1. The number of carbonyl (C=O) groups excluding carboxylic acids is 2. The van der Waals surface area contributed by atoms with Gasteiger partial charge in [-0.25, -0.2) is 9.59 Å². The predicted molar refractivity (Wildman–Crippen MR) is 107 cm³/mol. The third-order valence-electron chi connectivity index (χ3n) is 4.18. The molecule has 0 spiro atoms. The van der Waals surface area contributed by atoms with Crippen LogP contribution in [0.3, 0.4) is 0 Å². The van der Waals surface area contributed by atoms with Crippen LogP contribution < -0.4 is 4.90 Å². The summed E-state index contributed by atoms with van der Waals surface area (Å²) in [6.45, 7) is 9.58. The summed E-state index contributed by atoms with van der Waals surface area (Å²) in [5.41, 5.74) is 0.382. The number of esters is 1. The second-order valence-corrected chi connectivity index (χ2v) is 8.80. The van der Waals surface area contributed by atoms with Gasteiger partial charge in [0.1, 0.15) is 18.3 Å². The SMILES string of the molecule is CCOC(=O)COCC1(C)CN(C(=O)OC(C)(C)C)c2c(C#N)cc(Br)cc21. The fourth-order valence-corrected chi connectivity index (χ4v) is 3.56. The molecule has 0 N–H and O–H groups in total. The molecule has 1 atom stereocenters. The molecule has 0 fully saturated rings. The van der Waals surface area contributed by atoms with Crippen molar-refractivity contribution < 1.29 is 23.8 Å². The number of hydrogen-bond acceptors (Lipinski definition) is 6. The molecule has 0 radical (unpaired) electrons. The van der Waals surface area contributed by atoms with Crippen molar-refractivity contribution in [1.29, 1.82) is 5.26 Å². The van der Waals surface area contributed by atoms with E-state index in [1.165, 1.54) is 4.90 Å². The smallest absolute Gasteiger partial charge is 0.414 e. The normalized spacial score (nSPS) is 18.4. The summed E-state index contributed by atoms with van der Waals surface area (Å²) in [6.07, 6.45) is -0.526. The van der Waals surface area contributed by atoms with Gasteiger partial charge in [0.2, 0.25) is 0 Å². The second-order valence-electron chi connectivity index (χ2n) is 7.89. The van der Waals surface area contributed by atoms with Gasteiger partial charge in [0.25, 0.3) is 0 Å². The van der Waals surface area contributed by atoms with Crippen molar-refractivity contribution in [2.75, 3.05) is 31.3 Å². The highest BCUT2D eigenvalue weighted by Gasteiger charge is 2.44. The lowest BCUT2D eigenvalue weighted by Crippen LogP contribution is -2.41. The minimum Gasteiger partial charge on any atom is -0.464 e. The van der Waals surface area contributed by atoms with Crippen LogP contribution in [0, 0.1) is 11.3 Å². The molecule has 0 aliphatic carbocycles. The highest BCUT2D eigenvalue weighted by molar-refractivity contribution is 9.10. The number of ether oxygens (including phenoxy) is 3. The zero-order chi connectivity index (χ0) is 21.1. The first-order chi connectivity index (χ1) is 13.0.